The summed E-state index contributed by atoms with van der Waals surface area (Å²) in [6.07, 6.45) is 1.58. The Hall–Kier alpha value is -1.81. The lowest BCUT2D eigenvalue weighted by Gasteiger charge is -1.96. The van der Waals surface area contributed by atoms with Crippen molar-refractivity contribution in [2.45, 2.75) is 6.42 Å². The lowest BCUT2D eigenvalue weighted by molar-refractivity contribution is 0.0690. The van der Waals surface area contributed by atoms with Gasteiger partial charge in [-0.15, -0.1) is 0 Å². The zero-order valence-electron chi connectivity index (χ0n) is 8.18. The molecule has 1 aromatic carbocycles. The van der Waals surface area contributed by atoms with Crippen LogP contribution in [0.15, 0.2) is 34.9 Å². The Labute approximate surface area is 96.5 Å². The third-order valence-electron chi connectivity index (χ3n) is 2.04. The normalized spacial score (nSPS) is 10.3. The highest BCUT2D eigenvalue weighted by Crippen LogP contribution is 2.13. The van der Waals surface area contributed by atoms with E-state index in [0.717, 1.165) is 11.8 Å². The Morgan fingerprint density at radius 3 is 2.62 bits per heavy atom. The number of aromatic nitrogens is 1. The fourth-order valence-electron chi connectivity index (χ4n) is 1.27. The molecule has 0 fully saturated rings. The van der Waals surface area contributed by atoms with Crippen molar-refractivity contribution in [1.82, 2.24) is 4.98 Å². The highest BCUT2D eigenvalue weighted by Gasteiger charge is 2.10. The summed E-state index contributed by atoms with van der Waals surface area (Å²) in [5.74, 6) is -0.717. The molecule has 1 N–H and O–H groups in total. The van der Waals surface area contributed by atoms with E-state index in [4.69, 9.17) is 21.1 Å². The summed E-state index contributed by atoms with van der Waals surface area (Å²) in [6.45, 7) is 0. The second kappa shape index (κ2) is 4.37. The van der Waals surface area contributed by atoms with Crippen LogP contribution < -0.4 is 0 Å². The van der Waals surface area contributed by atoms with Crippen molar-refractivity contribution in [1.29, 1.82) is 0 Å². The number of carbonyl (C=O) groups is 1. The van der Waals surface area contributed by atoms with Crippen LogP contribution in [0.2, 0.25) is 5.02 Å². The number of oxazole rings is 1. The molecule has 0 amide bonds. The minimum absolute atomic E-state index is 0.0797. The predicted molar refractivity (Wildman–Crippen MR) is 57.7 cm³/mol. The molecule has 0 saturated carbocycles. The largest absolute Gasteiger partial charge is 0.476 e. The molecule has 2 rings (SSSR count). The van der Waals surface area contributed by atoms with Crippen molar-refractivity contribution in [3.05, 3.63) is 52.7 Å². The standard InChI is InChI=1S/C11H8ClNO3/c12-8-3-1-7(2-4-8)5-10-13-9(6-16-10)11(14)15/h1-4,6H,5H2,(H,14,15). The van der Waals surface area contributed by atoms with Crippen molar-refractivity contribution in [3.8, 4) is 0 Å². The molecule has 1 aromatic heterocycles. The molecule has 1 heterocycles. The summed E-state index contributed by atoms with van der Waals surface area (Å²) in [5, 5.41) is 9.32. The highest BCUT2D eigenvalue weighted by molar-refractivity contribution is 6.30. The maximum absolute atomic E-state index is 10.6. The van der Waals surface area contributed by atoms with Gasteiger partial charge in [-0.25, -0.2) is 9.78 Å². The molecule has 0 bridgehead atoms. The smallest absolute Gasteiger partial charge is 0.357 e. The molecular formula is C11H8ClNO3. The van der Waals surface area contributed by atoms with Gasteiger partial charge in [0, 0.05) is 11.4 Å². The summed E-state index contributed by atoms with van der Waals surface area (Å²) in [4.78, 5) is 14.4. The number of aromatic carboxylic acids is 1. The number of carboxylic acid groups (broad SMARTS) is 1. The lowest BCUT2D eigenvalue weighted by atomic mass is 10.1. The summed E-state index contributed by atoms with van der Waals surface area (Å²) in [7, 11) is 0. The van der Waals surface area contributed by atoms with Crippen LogP contribution in [0.4, 0.5) is 0 Å². The number of hydrogen-bond acceptors (Lipinski definition) is 3. The Morgan fingerprint density at radius 2 is 2.06 bits per heavy atom. The van der Waals surface area contributed by atoms with Crippen molar-refractivity contribution in [2.75, 3.05) is 0 Å². The number of halogens is 1. The molecule has 0 spiro atoms. The van der Waals surface area contributed by atoms with Gasteiger partial charge < -0.3 is 9.52 Å². The maximum Gasteiger partial charge on any atom is 0.357 e. The van der Waals surface area contributed by atoms with Gasteiger partial charge in [-0.3, -0.25) is 0 Å². The lowest BCUT2D eigenvalue weighted by Crippen LogP contribution is -1.97. The summed E-state index contributed by atoms with van der Waals surface area (Å²) in [5.41, 5.74) is 0.882. The molecule has 16 heavy (non-hydrogen) atoms. The highest BCUT2D eigenvalue weighted by atomic mass is 35.5. The molecule has 0 aliphatic rings. The van der Waals surface area contributed by atoms with Crippen LogP contribution in [-0.2, 0) is 6.42 Å². The third-order valence-corrected chi connectivity index (χ3v) is 2.29. The Balaban J connectivity index is 2.14. The van der Waals surface area contributed by atoms with Gasteiger partial charge in [0.25, 0.3) is 0 Å². The Bertz CT molecular complexity index is 504. The van der Waals surface area contributed by atoms with E-state index in [2.05, 4.69) is 4.98 Å². The Morgan fingerprint density at radius 1 is 1.38 bits per heavy atom. The third kappa shape index (κ3) is 2.41. The first-order valence-corrected chi connectivity index (χ1v) is 4.95. The maximum atomic E-state index is 10.6. The van der Waals surface area contributed by atoms with Gasteiger partial charge in [-0.1, -0.05) is 23.7 Å². The van der Waals surface area contributed by atoms with Gasteiger partial charge in [0.15, 0.2) is 11.6 Å². The molecule has 82 valence electrons. The van der Waals surface area contributed by atoms with E-state index < -0.39 is 5.97 Å². The van der Waals surface area contributed by atoms with Crippen LogP contribution in [0.3, 0.4) is 0 Å². The minimum Gasteiger partial charge on any atom is -0.476 e. The van der Waals surface area contributed by atoms with E-state index >= 15 is 0 Å². The Kier molecular flexibility index (Phi) is 2.92. The average molecular weight is 238 g/mol. The van der Waals surface area contributed by atoms with Gasteiger partial charge in [-0.05, 0) is 17.7 Å². The van der Waals surface area contributed by atoms with Crippen molar-refractivity contribution < 1.29 is 14.3 Å². The summed E-state index contributed by atoms with van der Waals surface area (Å²) < 4.78 is 5.04. The molecule has 2 aromatic rings. The van der Waals surface area contributed by atoms with Gasteiger partial charge in [0.1, 0.15) is 6.26 Å². The molecule has 0 atom stereocenters. The molecular weight excluding hydrogens is 230 g/mol. The van der Waals surface area contributed by atoms with Gasteiger partial charge >= 0.3 is 5.97 Å². The number of benzene rings is 1. The second-order valence-corrected chi connectivity index (χ2v) is 3.67. The van der Waals surface area contributed by atoms with E-state index in [1.54, 1.807) is 12.1 Å². The number of hydrogen-bond donors (Lipinski definition) is 1. The first kappa shape index (κ1) is 10.7. The van der Waals surface area contributed by atoms with Crippen LogP contribution in [-0.4, -0.2) is 16.1 Å². The molecule has 0 aliphatic heterocycles. The topological polar surface area (TPSA) is 63.3 Å². The fourth-order valence-corrected chi connectivity index (χ4v) is 1.39. The molecule has 0 radical (unpaired) electrons. The van der Waals surface area contributed by atoms with Crippen LogP contribution in [0.25, 0.3) is 0 Å². The zero-order valence-corrected chi connectivity index (χ0v) is 8.94. The van der Waals surface area contributed by atoms with E-state index in [1.807, 2.05) is 12.1 Å². The minimum atomic E-state index is -1.09. The summed E-state index contributed by atoms with van der Waals surface area (Å²) in [6, 6.07) is 7.20. The SMILES string of the molecule is O=C(O)c1coc(Cc2ccc(Cl)cc2)n1. The van der Waals surface area contributed by atoms with E-state index in [9.17, 15) is 4.79 Å². The average Bonchev–Trinajstić information content (AvgIpc) is 2.70. The van der Waals surface area contributed by atoms with Crippen molar-refractivity contribution >= 4 is 17.6 Å². The fraction of sp³-hybridized carbons (Fsp3) is 0.0909. The molecule has 4 nitrogen and oxygen atoms in total. The van der Waals surface area contributed by atoms with Crippen molar-refractivity contribution in [3.63, 3.8) is 0 Å². The van der Waals surface area contributed by atoms with E-state index in [1.165, 1.54) is 0 Å². The number of rotatable bonds is 3. The van der Waals surface area contributed by atoms with Crippen LogP contribution in [0.5, 0.6) is 0 Å². The van der Waals surface area contributed by atoms with Crippen LogP contribution >= 0.6 is 11.6 Å². The number of carboxylic acids is 1. The second-order valence-electron chi connectivity index (χ2n) is 3.23. The number of nitrogens with zero attached hydrogens (tertiary/aromatic N) is 1. The molecule has 0 aliphatic carbocycles. The van der Waals surface area contributed by atoms with Crippen LogP contribution in [0.1, 0.15) is 21.9 Å². The van der Waals surface area contributed by atoms with E-state index in [0.29, 0.717) is 17.3 Å². The van der Waals surface area contributed by atoms with Crippen molar-refractivity contribution in [2.24, 2.45) is 0 Å². The zero-order chi connectivity index (χ0) is 11.5. The first-order valence-electron chi connectivity index (χ1n) is 4.57. The molecule has 0 saturated heterocycles. The predicted octanol–water partition coefficient (Wildman–Crippen LogP) is 2.62. The first-order chi connectivity index (χ1) is 7.65. The quantitative estimate of drug-likeness (QED) is 0.891. The van der Waals surface area contributed by atoms with E-state index in [-0.39, 0.29) is 5.69 Å². The molecule has 0 unspecified atom stereocenters. The van der Waals surface area contributed by atoms with Gasteiger partial charge in [0.2, 0.25) is 0 Å². The van der Waals surface area contributed by atoms with Gasteiger partial charge in [-0.2, -0.15) is 0 Å². The van der Waals surface area contributed by atoms with Crippen LogP contribution in [0, 0.1) is 0 Å². The monoisotopic (exact) mass is 237 g/mol. The summed E-state index contributed by atoms with van der Waals surface area (Å²) >= 11 is 5.74. The van der Waals surface area contributed by atoms with Gasteiger partial charge in [0.05, 0.1) is 0 Å². The molecule has 5 heteroatoms.